The van der Waals surface area contributed by atoms with Gasteiger partial charge in [0.05, 0.1) is 67.9 Å². The average Bonchev–Trinajstić information content (AvgIpc) is 3.73. The van der Waals surface area contributed by atoms with Gasteiger partial charge in [-0.2, -0.15) is 18.2 Å². The van der Waals surface area contributed by atoms with Gasteiger partial charge in [-0.05, 0) is 96.1 Å². The summed E-state index contributed by atoms with van der Waals surface area (Å²) in [7, 11) is 5.88. The minimum Gasteiger partial charge on any atom is -0.502 e. The molecule has 0 radical (unpaired) electrons. The number of benzene rings is 4. The number of anilines is 2. The number of carbonyl (C=O) groups excluding carboxylic acids is 4. The molecule has 1 saturated carbocycles. The minimum absolute atomic E-state index is 0.0813. The lowest BCUT2D eigenvalue weighted by Gasteiger charge is -2.49. The number of imide groups is 2. The Kier molecular flexibility index (Phi) is 12.7. The number of phenols is 1. The molecule has 0 spiro atoms. The Balaban J connectivity index is 1.13. The number of nitrogens with zero attached hydrogens (tertiary/aromatic N) is 3. The fourth-order valence-corrected chi connectivity index (χ4v) is 10.7. The smallest absolute Gasteiger partial charge is 0.417 e. The van der Waals surface area contributed by atoms with Gasteiger partial charge < -0.3 is 24.1 Å². The number of aromatic hydroxyl groups is 1. The van der Waals surface area contributed by atoms with Crippen LogP contribution in [0.2, 0.25) is 10.0 Å². The number of amides is 4. The number of aromatic nitrogens is 1. The highest BCUT2D eigenvalue weighted by molar-refractivity contribution is 6.33. The number of pyridine rings is 1. The molecule has 18 heteroatoms. The van der Waals surface area contributed by atoms with Crippen LogP contribution in [-0.2, 0) is 30.8 Å². The van der Waals surface area contributed by atoms with Crippen LogP contribution in [0, 0.1) is 29.6 Å². The maximum absolute atomic E-state index is 15.5. The van der Waals surface area contributed by atoms with Gasteiger partial charge in [0.2, 0.25) is 17.6 Å². The van der Waals surface area contributed by atoms with Crippen LogP contribution in [-0.4, -0.2) is 67.2 Å². The van der Waals surface area contributed by atoms with E-state index in [0.29, 0.717) is 51.2 Å². The largest absolute Gasteiger partial charge is 0.502 e. The van der Waals surface area contributed by atoms with E-state index in [4.69, 9.17) is 42.1 Å². The van der Waals surface area contributed by atoms with Crippen LogP contribution < -0.4 is 29.3 Å². The number of hydrogen-bond acceptors (Lipinski definition) is 11. The first-order valence-electron chi connectivity index (χ1n) is 21.9. The quantitative estimate of drug-likeness (QED) is 0.0697. The Bertz CT molecular complexity index is 3010. The highest BCUT2D eigenvalue weighted by Crippen LogP contribution is 2.62. The number of methoxy groups -OCH3 is 4. The number of fused-ring (bicyclic) bond motifs is 4. The van der Waals surface area contributed by atoms with Crippen LogP contribution in [0.25, 0.3) is 18.2 Å². The maximum atomic E-state index is 15.5. The van der Waals surface area contributed by atoms with Crippen LogP contribution in [0.4, 0.5) is 24.7 Å². The number of rotatable bonds is 12. The first kappa shape index (κ1) is 47.8. The Morgan fingerprint density at radius 3 is 2.09 bits per heavy atom. The molecule has 3 fully saturated rings. The van der Waals surface area contributed by atoms with E-state index in [1.165, 1.54) is 19.1 Å². The van der Waals surface area contributed by atoms with Crippen molar-refractivity contribution in [3.05, 3.63) is 147 Å². The van der Waals surface area contributed by atoms with Gasteiger partial charge in [-0.1, -0.05) is 83.4 Å². The van der Waals surface area contributed by atoms with Crippen molar-refractivity contribution in [1.82, 2.24) is 9.99 Å². The van der Waals surface area contributed by atoms with Gasteiger partial charge >= 0.3 is 6.18 Å². The van der Waals surface area contributed by atoms with Crippen molar-refractivity contribution >= 4 is 76.6 Å². The lowest BCUT2D eigenvalue weighted by Crippen LogP contribution is -2.54. The molecule has 2 N–H and O–H groups in total. The summed E-state index contributed by atoms with van der Waals surface area (Å²) in [4.78, 5) is 65.0. The normalized spacial score (nSPS) is 23.1. The number of halogens is 5. The number of carbonyl (C=O) groups is 4. The van der Waals surface area contributed by atoms with E-state index in [9.17, 15) is 27.9 Å². The predicted molar refractivity (Wildman–Crippen MR) is 255 cm³/mol. The molecule has 360 valence electrons. The molecule has 4 aliphatic rings. The second kappa shape index (κ2) is 18.6. The highest BCUT2D eigenvalue weighted by Gasteiger charge is 2.69. The lowest BCUT2D eigenvalue weighted by atomic mass is 9.50. The Labute approximate surface area is 409 Å². The van der Waals surface area contributed by atoms with Crippen LogP contribution in [0.1, 0.15) is 40.7 Å². The van der Waals surface area contributed by atoms with Crippen molar-refractivity contribution in [2.75, 3.05) is 38.8 Å². The zero-order chi connectivity index (χ0) is 49.8. The summed E-state index contributed by atoms with van der Waals surface area (Å²) in [5.74, 6) is -6.37. The van der Waals surface area contributed by atoms with Gasteiger partial charge in [-0.15, -0.1) is 0 Å². The number of alkyl halides is 3. The molecule has 3 heterocycles. The molecule has 13 nitrogen and oxygen atoms in total. The first-order chi connectivity index (χ1) is 33.5. The summed E-state index contributed by atoms with van der Waals surface area (Å²) in [5, 5.41) is 11.3. The molecule has 2 aliphatic heterocycles. The third-order valence-electron chi connectivity index (χ3n) is 13.6. The molecular weight excluding hydrogens is 952 g/mol. The van der Waals surface area contributed by atoms with Gasteiger partial charge in [0.15, 0.2) is 17.3 Å². The topological polar surface area (TPSA) is 157 Å². The number of ether oxygens (including phenoxy) is 4. The average molecular weight is 996 g/mol. The van der Waals surface area contributed by atoms with Crippen molar-refractivity contribution < 1.29 is 56.4 Å². The molecule has 2 saturated heterocycles. The fraction of sp³-hybridized carbons (Fsp3) is 0.250. The van der Waals surface area contributed by atoms with E-state index in [1.54, 1.807) is 99.2 Å². The number of nitrogens with one attached hydrogen (secondary N) is 1. The molecule has 6 unspecified atom stereocenters. The predicted octanol–water partition coefficient (Wildman–Crippen LogP) is 10.1. The Hall–Kier alpha value is -7.30. The molecule has 0 bridgehead atoms. The fourth-order valence-electron chi connectivity index (χ4n) is 10.4. The first-order valence-corrected chi connectivity index (χ1v) is 22.6. The number of phenolic OH excluding ortho intramolecular Hbond substituents is 1. The van der Waals surface area contributed by atoms with Crippen molar-refractivity contribution in [1.29, 1.82) is 0 Å². The minimum atomic E-state index is -4.78. The number of hydrogen-bond donors (Lipinski definition) is 2. The van der Waals surface area contributed by atoms with Gasteiger partial charge in [-0.25, -0.2) is 4.98 Å². The summed E-state index contributed by atoms with van der Waals surface area (Å²) in [6.45, 7) is 0. The second-order valence-corrected chi connectivity index (χ2v) is 18.0. The zero-order valence-electron chi connectivity index (χ0n) is 37.8. The third kappa shape index (κ3) is 8.07. The third-order valence-corrected chi connectivity index (χ3v) is 14.2. The van der Waals surface area contributed by atoms with Gasteiger partial charge in [0, 0.05) is 22.7 Å². The lowest BCUT2D eigenvalue weighted by molar-refractivity contribution is -0.139. The Morgan fingerprint density at radius 1 is 0.771 bits per heavy atom. The molecule has 9 rings (SSSR count). The molecule has 6 atom stereocenters. The van der Waals surface area contributed by atoms with Crippen LogP contribution >= 0.6 is 23.2 Å². The maximum Gasteiger partial charge on any atom is 0.417 e. The van der Waals surface area contributed by atoms with Crippen molar-refractivity contribution in [2.45, 2.75) is 24.4 Å². The van der Waals surface area contributed by atoms with E-state index < -0.39 is 75.4 Å². The van der Waals surface area contributed by atoms with Crippen molar-refractivity contribution in [2.24, 2.45) is 29.6 Å². The Morgan fingerprint density at radius 2 is 1.46 bits per heavy atom. The van der Waals surface area contributed by atoms with Crippen molar-refractivity contribution in [3.63, 3.8) is 0 Å². The molecule has 2 aliphatic carbocycles. The van der Waals surface area contributed by atoms with E-state index >= 15 is 9.59 Å². The summed E-state index contributed by atoms with van der Waals surface area (Å²) in [5.41, 5.74) is 3.08. The van der Waals surface area contributed by atoms with Gasteiger partial charge in [-0.3, -0.25) is 29.5 Å². The van der Waals surface area contributed by atoms with Crippen LogP contribution in [0.15, 0.2) is 109 Å². The molecule has 4 aromatic carbocycles. The van der Waals surface area contributed by atoms with Crippen LogP contribution in [0.5, 0.6) is 28.7 Å². The summed E-state index contributed by atoms with van der Waals surface area (Å²) in [6.07, 6.45) is 4.79. The SMILES string of the molecule is COc1ccc(OC)c(C=Cc2ccc(N3C(=O)C4CC=C5C(CC6C(=O)N(Nc7ncc(C(F)(F)F)cc7Cl)C(=O)C6(c6ccc(Cl)cc6)C5C=Cc5cc(OC)c(O)c(OC)c5)C4C3=O)cc2)c1. The molecule has 70 heavy (non-hydrogen) atoms. The van der Waals surface area contributed by atoms with E-state index in [0.717, 1.165) is 16.1 Å². The monoisotopic (exact) mass is 994 g/mol. The summed E-state index contributed by atoms with van der Waals surface area (Å²) >= 11 is 12.7. The molecule has 4 amide bonds. The molecular formula is C52H43Cl2F3N4O9. The summed E-state index contributed by atoms with van der Waals surface area (Å²) < 4.78 is 62.6. The summed E-state index contributed by atoms with van der Waals surface area (Å²) in [6, 6.07) is 22.5. The van der Waals surface area contributed by atoms with Gasteiger partial charge in [0.1, 0.15) is 11.5 Å². The highest BCUT2D eigenvalue weighted by atomic mass is 35.5. The number of allylic oxidation sites excluding steroid dienone is 3. The van der Waals surface area contributed by atoms with Gasteiger partial charge in [0.25, 0.3) is 11.8 Å². The van der Waals surface area contributed by atoms with E-state index in [1.807, 2.05) is 24.3 Å². The zero-order valence-corrected chi connectivity index (χ0v) is 39.3. The molecule has 5 aromatic rings. The van der Waals surface area contributed by atoms with Crippen LogP contribution in [0.3, 0.4) is 0 Å². The number of hydrazine groups is 1. The second-order valence-electron chi connectivity index (χ2n) is 17.1. The van der Waals surface area contributed by atoms with Crippen molar-refractivity contribution in [3.8, 4) is 28.7 Å². The van der Waals surface area contributed by atoms with E-state index in [2.05, 4.69) is 10.4 Å². The molecule has 1 aromatic heterocycles. The van der Waals surface area contributed by atoms with E-state index in [-0.39, 0.29) is 35.9 Å². The standard InChI is InChI=1S/C52H43Cl2F3N4O9/c1-67-34-16-20-41(68-2)29(23-34)9-5-27-6-14-33(15-7-27)60-47(63)36-18-17-35-37(44(36)49(60)65)25-39-48(64)61(59-46-40(54)24-31(26-58-46)52(55,56)57)50(66)51(39,30-10-12-32(53)13-11-30)38(35)19-8-28-21-42(69-3)45(62)43(22-28)70-4/h5-17,19-24,26,36-39,44,62H,18,25H2,1-4H3,(H,58,59).